The predicted octanol–water partition coefficient (Wildman–Crippen LogP) is 1.65. The third kappa shape index (κ3) is 3.95. The number of amides is 1. The standard InChI is InChI=1S/C14H28N2O2/c1-6-15-14(3,4)13(17)16(9-10-18-5)11(2)12-7-8-12/h11-12,15H,6-10H2,1-5H3. The fraction of sp³-hybridized carbons (Fsp3) is 0.929. The number of rotatable bonds is 8. The van der Waals surface area contributed by atoms with Gasteiger partial charge in [-0.25, -0.2) is 0 Å². The topological polar surface area (TPSA) is 41.6 Å². The number of methoxy groups -OCH3 is 1. The molecule has 1 amide bonds. The Labute approximate surface area is 111 Å². The Hall–Kier alpha value is -0.610. The first-order chi connectivity index (χ1) is 8.44. The van der Waals surface area contributed by atoms with E-state index < -0.39 is 5.54 Å². The molecule has 1 aliphatic rings. The van der Waals surface area contributed by atoms with Crippen molar-refractivity contribution in [2.45, 2.75) is 52.1 Å². The normalized spacial score (nSPS) is 17.6. The van der Waals surface area contributed by atoms with Gasteiger partial charge in [0.2, 0.25) is 5.91 Å². The zero-order valence-corrected chi connectivity index (χ0v) is 12.5. The van der Waals surface area contributed by atoms with Gasteiger partial charge in [-0.1, -0.05) is 6.92 Å². The molecular formula is C14H28N2O2. The van der Waals surface area contributed by atoms with Crippen molar-refractivity contribution < 1.29 is 9.53 Å². The molecule has 18 heavy (non-hydrogen) atoms. The highest BCUT2D eigenvalue weighted by atomic mass is 16.5. The first-order valence-corrected chi connectivity index (χ1v) is 6.99. The highest BCUT2D eigenvalue weighted by molar-refractivity contribution is 5.85. The van der Waals surface area contributed by atoms with Crippen molar-refractivity contribution in [3.8, 4) is 0 Å². The minimum Gasteiger partial charge on any atom is -0.383 e. The van der Waals surface area contributed by atoms with E-state index in [0.29, 0.717) is 25.1 Å². The van der Waals surface area contributed by atoms with Crippen LogP contribution in [-0.2, 0) is 9.53 Å². The number of hydrogen-bond acceptors (Lipinski definition) is 3. The van der Waals surface area contributed by atoms with Gasteiger partial charge < -0.3 is 15.0 Å². The second-order valence-electron chi connectivity index (χ2n) is 5.72. The molecule has 1 N–H and O–H groups in total. The summed E-state index contributed by atoms with van der Waals surface area (Å²) in [4.78, 5) is 14.6. The van der Waals surface area contributed by atoms with Gasteiger partial charge in [-0.05, 0) is 46.1 Å². The van der Waals surface area contributed by atoms with Crippen LogP contribution in [-0.4, -0.2) is 49.2 Å². The number of carbonyl (C=O) groups is 1. The number of ether oxygens (including phenoxy) is 1. The lowest BCUT2D eigenvalue weighted by Gasteiger charge is -2.36. The van der Waals surface area contributed by atoms with Gasteiger partial charge in [-0.15, -0.1) is 0 Å². The van der Waals surface area contributed by atoms with E-state index in [1.165, 1.54) is 12.8 Å². The summed E-state index contributed by atoms with van der Waals surface area (Å²) < 4.78 is 5.13. The molecule has 4 heteroatoms. The Morgan fingerprint density at radius 2 is 2.11 bits per heavy atom. The number of hydrogen-bond donors (Lipinski definition) is 1. The molecule has 1 fully saturated rings. The minimum absolute atomic E-state index is 0.181. The SMILES string of the molecule is CCNC(C)(C)C(=O)N(CCOC)C(C)C1CC1. The highest BCUT2D eigenvalue weighted by Crippen LogP contribution is 2.35. The van der Waals surface area contributed by atoms with Crippen LogP contribution in [0.15, 0.2) is 0 Å². The molecule has 1 saturated carbocycles. The van der Waals surface area contributed by atoms with Gasteiger partial charge in [0, 0.05) is 19.7 Å². The van der Waals surface area contributed by atoms with Crippen LogP contribution in [0.25, 0.3) is 0 Å². The summed E-state index contributed by atoms with van der Waals surface area (Å²) in [6.07, 6.45) is 2.50. The molecule has 1 aliphatic carbocycles. The quantitative estimate of drug-likeness (QED) is 0.718. The Kier molecular flexibility index (Phi) is 5.60. The highest BCUT2D eigenvalue weighted by Gasteiger charge is 2.38. The molecule has 106 valence electrons. The molecule has 0 heterocycles. The van der Waals surface area contributed by atoms with Crippen molar-refractivity contribution >= 4 is 5.91 Å². The van der Waals surface area contributed by atoms with E-state index in [0.717, 1.165) is 6.54 Å². The Morgan fingerprint density at radius 1 is 1.50 bits per heavy atom. The van der Waals surface area contributed by atoms with E-state index in [4.69, 9.17) is 4.74 Å². The number of nitrogens with one attached hydrogen (secondary N) is 1. The van der Waals surface area contributed by atoms with Gasteiger partial charge in [-0.2, -0.15) is 0 Å². The fourth-order valence-electron chi connectivity index (χ4n) is 2.39. The zero-order valence-electron chi connectivity index (χ0n) is 12.5. The summed E-state index contributed by atoms with van der Waals surface area (Å²) in [5, 5.41) is 3.26. The summed E-state index contributed by atoms with van der Waals surface area (Å²) in [5.41, 5.74) is -0.494. The lowest BCUT2D eigenvalue weighted by molar-refractivity contribution is -0.140. The summed E-state index contributed by atoms with van der Waals surface area (Å²) in [7, 11) is 1.68. The maximum atomic E-state index is 12.6. The first-order valence-electron chi connectivity index (χ1n) is 6.99. The van der Waals surface area contributed by atoms with Gasteiger partial charge in [0.05, 0.1) is 12.1 Å². The van der Waals surface area contributed by atoms with Crippen LogP contribution in [0.1, 0.15) is 40.5 Å². The molecule has 0 aliphatic heterocycles. The average Bonchev–Trinajstić information content (AvgIpc) is 3.12. The molecule has 0 aromatic heterocycles. The van der Waals surface area contributed by atoms with Crippen LogP contribution < -0.4 is 5.32 Å². The fourth-order valence-corrected chi connectivity index (χ4v) is 2.39. The van der Waals surface area contributed by atoms with Crippen molar-refractivity contribution in [2.75, 3.05) is 26.8 Å². The minimum atomic E-state index is -0.494. The van der Waals surface area contributed by atoms with Gasteiger partial charge in [0.25, 0.3) is 0 Å². The molecule has 0 radical (unpaired) electrons. The molecule has 1 atom stereocenters. The summed E-state index contributed by atoms with van der Waals surface area (Å²) in [5.74, 6) is 0.865. The molecule has 4 nitrogen and oxygen atoms in total. The summed E-state index contributed by atoms with van der Waals surface area (Å²) in [6.45, 7) is 10.2. The third-order valence-corrected chi connectivity index (χ3v) is 3.75. The van der Waals surface area contributed by atoms with Crippen molar-refractivity contribution in [3.05, 3.63) is 0 Å². The van der Waals surface area contributed by atoms with Crippen LogP contribution in [0.4, 0.5) is 0 Å². The van der Waals surface area contributed by atoms with Crippen LogP contribution in [0.2, 0.25) is 0 Å². The molecule has 0 aromatic rings. The largest absolute Gasteiger partial charge is 0.383 e. The maximum absolute atomic E-state index is 12.6. The maximum Gasteiger partial charge on any atom is 0.242 e. The van der Waals surface area contributed by atoms with Crippen molar-refractivity contribution in [1.29, 1.82) is 0 Å². The lowest BCUT2D eigenvalue weighted by atomic mass is 10.0. The molecule has 1 unspecified atom stereocenters. The van der Waals surface area contributed by atoms with Gasteiger partial charge in [-0.3, -0.25) is 4.79 Å². The molecule has 0 bridgehead atoms. The van der Waals surface area contributed by atoms with E-state index in [2.05, 4.69) is 12.2 Å². The molecule has 0 aromatic carbocycles. The first kappa shape index (κ1) is 15.4. The number of nitrogens with zero attached hydrogens (tertiary/aromatic N) is 1. The van der Waals surface area contributed by atoms with Gasteiger partial charge in [0.1, 0.15) is 0 Å². The lowest BCUT2D eigenvalue weighted by Crippen LogP contribution is -2.57. The molecular weight excluding hydrogens is 228 g/mol. The number of likely N-dealkylation sites (N-methyl/N-ethyl adjacent to an activating group) is 1. The van der Waals surface area contributed by atoms with Crippen LogP contribution >= 0.6 is 0 Å². The zero-order chi connectivity index (χ0) is 13.8. The summed E-state index contributed by atoms with van der Waals surface area (Å²) >= 11 is 0. The van der Waals surface area contributed by atoms with E-state index in [9.17, 15) is 4.79 Å². The van der Waals surface area contributed by atoms with E-state index in [-0.39, 0.29) is 5.91 Å². The average molecular weight is 256 g/mol. The molecule has 0 saturated heterocycles. The number of carbonyl (C=O) groups excluding carboxylic acids is 1. The van der Waals surface area contributed by atoms with E-state index in [1.807, 2.05) is 25.7 Å². The Bertz CT molecular complexity index is 275. The van der Waals surface area contributed by atoms with Crippen molar-refractivity contribution in [2.24, 2.45) is 5.92 Å². The molecule has 1 rings (SSSR count). The monoisotopic (exact) mass is 256 g/mol. The molecule has 0 spiro atoms. The van der Waals surface area contributed by atoms with Gasteiger partial charge in [0.15, 0.2) is 0 Å². The van der Waals surface area contributed by atoms with Crippen LogP contribution in [0.5, 0.6) is 0 Å². The smallest absolute Gasteiger partial charge is 0.242 e. The van der Waals surface area contributed by atoms with Crippen LogP contribution in [0.3, 0.4) is 0 Å². The Balaban J connectivity index is 2.70. The second-order valence-corrected chi connectivity index (χ2v) is 5.72. The van der Waals surface area contributed by atoms with Gasteiger partial charge >= 0.3 is 0 Å². The predicted molar refractivity (Wildman–Crippen MR) is 73.5 cm³/mol. The summed E-state index contributed by atoms with van der Waals surface area (Å²) in [6, 6.07) is 0.325. The van der Waals surface area contributed by atoms with Crippen molar-refractivity contribution in [1.82, 2.24) is 10.2 Å². The van der Waals surface area contributed by atoms with Crippen molar-refractivity contribution in [3.63, 3.8) is 0 Å². The second kappa shape index (κ2) is 6.53. The Morgan fingerprint density at radius 3 is 2.56 bits per heavy atom. The third-order valence-electron chi connectivity index (χ3n) is 3.75. The van der Waals surface area contributed by atoms with E-state index >= 15 is 0 Å². The van der Waals surface area contributed by atoms with E-state index in [1.54, 1.807) is 7.11 Å². The van der Waals surface area contributed by atoms with Crippen LogP contribution in [0, 0.1) is 5.92 Å².